The number of hydrogen-bond acceptors (Lipinski definition) is 1. The summed E-state index contributed by atoms with van der Waals surface area (Å²) in [6, 6.07) is 0. The molecule has 0 aromatic rings. The minimum Gasteiger partial charge on any atom is -0.343 e. The van der Waals surface area contributed by atoms with E-state index >= 15 is 0 Å². The average Bonchev–Trinajstić information content (AvgIpc) is 2.00. The molecule has 3 heteroatoms. The number of hydrogen-bond donors (Lipinski definition) is 0. The summed E-state index contributed by atoms with van der Waals surface area (Å²) in [7, 11) is 0. The van der Waals surface area contributed by atoms with Crippen molar-refractivity contribution in [1.82, 2.24) is 4.90 Å². The highest BCUT2D eigenvalue weighted by Gasteiger charge is 2.08. The molecule has 0 aliphatic heterocycles. The molecule has 0 aromatic heterocycles. The molecule has 0 saturated carbocycles. The van der Waals surface area contributed by atoms with Crippen molar-refractivity contribution in [2.75, 3.05) is 18.4 Å². The fraction of sp³-hybridized carbons (Fsp3) is 0.875. The molecule has 11 heavy (non-hydrogen) atoms. The number of halogens is 1. The van der Waals surface area contributed by atoms with Gasteiger partial charge in [-0.25, -0.2) is 0 Å². The van der Waals surface area contributed by atoms with Crippen LogP contribution < -0.4 is 0 Å². The molecule has 0 aromatic carbocycles. The van der Waals surface area contributed by atoms with Gasteiger partial charge in [0.25, 0.3) is 0 Å². The zero-order valence-electron chi connectivity index (χ0n) is 7.27. The summed E-state index contributed by atoms with van der Waals surface area (Å²) in [6.07, 6.45) is 1.66. The van der Waals surface area contributed by atoms with Crippen molar-refractivity contribution >= 4 is 21.8 Å². The van der Waals surface area contributed by atoms with Crippen LogP contribution in [0.1, 0.15) is 26.7 Å². The van der Waals surface area contributed by atoms with Crippen molar-refractivity contribution in [3.05, 3.63) is 0 Å². The fourth-order valence-electron chi connectivity index (χ4n) is 0.968. The first-order valence-electron chi connectivity index (χ1n) is 4.10. The summed E-state index contributed by atoms with van der Waals surface area (Å²) in [5, 5.41) is 0.770. The molecular weight excluding hydrogens is 206 g/mol. The number of amides is 1. The largest absolute Gasteiger partial charge is 0.343 e. The van der Waals surface area contributed by atoms with Crippen LogP contribution in [0.5, 0.6) is 0 Å². The molecule has 66 valence electrons. The normalized spacial score (nSPS) is 9.73. The van der Waals surface area contributed by atoms with Crippen LogP contribution in [-0.4, -0.2) is 29.2 Å². The summed E-state index contributed by atoms with van der Waals surface area (Å²) < 4.78 is 0. The van der Waals surface area contributed by atoms with E-state index in [-0.39, 0.29) is 5.91 Å². The van der Waals surface area contributed by atoms with Gasteiger partial charge in [0.1, 0.15) is 0 Å². The van der Waals surface area contributed by atoms with Crippen molar-refractivity contribution < 1.29 is 4.79 Å². The number of alkyl halides is 1. The molecule has 0 rings (SSSR count). The number of rotatable bonds is 5. The monoisotopic (exact) mass is 221 g/mol. The highest BCUT2D eigenvalue weighted by atomic mass is 79.9. The van der Waals surface area contributed by atoms with Crippen molar-refractivity contribution in [2.45, 2.75) is 26.7 Å². The molecule has 0 saturated heterocycles. The van der Waals surface area contributed by atoms with Gasteiger partial charge in [-0.05, 0) is 13.3 Å². The molecule has 0 radical (unpaired) electrons. The maximum atomic E-state index is 11.3. The Kier molecular flexibility index (Phi) is 6.62. The lowest BCUT2D eigenvalue weighted by Crippen LogP contribution is -2.31. The zero-order valence-corrected chi connectivity index (χ0v) is 8.85. The number of carbonyl (C=O) groups is 1. The SMILES string of the molecule is CCCN(CC)C(=O)CCBr. The van der Waals surface area contributed by atoms with Crippen molar-refractivity contribution in [3.8, 4) is 0 Å². The van der Waals surface area contributed by atoms with Crippen molar-refractivity contribution in [3.63, 3.8) is 0 Å². The quantitative estimate of drug-likeness (QED) is 0.652. The van der Waals surface area contributed by atoms with Gasteiger partial charge in [0.05, 0.1) is 0 Å². The molecule has 0 atom stereocenters. The van der Waals surface area contributed by atoms with E-state index in [1.54, 1.807) is 0 Å². The first-order chi connectivity index (χ1) is 5.26. The third-order valence-corrected chi connectivity index (χ3v) is 1.93. The van der Waals surface area contributed by atoms with E-state index in [1.165, 1.54) is 0 Å². The minimum atomic E-state index is 0.256. The molecule has 2 nitrogen and oxygen atoms in total. The van der Waals surface area contributed by atoms with Gasteiger partial charge in [-0.3, -0.25) is 4.79 Å². The lowest BCUT2D eigenvalue weighted by atomic mass is 10.3. The van der Waals surface area contributed by atoms with Crippen LogP contribution in [0.4, 0.5) is 0 Å². The standard InChI is InChI=1S/C8H16BrNO/c1-3-7-10(4-2)8(11)5-6-9/h3-7H2,1-2H3. The van der Waals surface area contributed by atoms with E-state index in [2.05, 4.69) is 22.9 Å². The van der Waals surface area contributed by atoms with E-state index in [1.807, 2.05) is 11.8 Å². The topological polar surface area (TPSA) is 20.3 Å². The third kappa shape index (κ3) is 4.40. The van der Waals surface area contributed by atoms with Gasteiger partial charge in [-0.2, -0.15) is 0 Å². The van der Waals surface area contributed by atoms with Gasteiger partial charge in [0.2, 0.25) is 5.91 Å². The van der Waals surface area contributed by atoms with Gasteiger partial charge < -0.3 is 4.90 Å². The average molecular weight is 222 g/mol. The maximum Gasteiger partial charge on any atom is 0.223 e. The van der Waals surface area contributed by atoms with Crippen molar-refractivity contribution in [1.29, 1.82) is 0 Å². The molecule has 0 unspecified atom stereocenters. The fourth-order valence-corrected chi connectivity index (χ4v) is 1.31. The second-order valence-corrected chi connectivity index (χ2v) is 3.21. The van der Waals surface area contributed by atoms with Crippen LogP contribution in [0.25, 0.3) is 0 Å². The van der Waals surface area contributed by atoms with E-state index in [4.69, 9.17) is 0 Å². The Hall–Kier alpha value is -0.0500. The summed E-state index contributed by atoms with van der Waals surface area (Å²) in [4.78, 5) is 13.2. The smallest absolute Gasteiger partial charge is 0.223 e. The molecule has 0 spiro atoms. The summed E-state index contributed by atoms with van der Waals surface area (Å²) in [6.45, 7) is 5.83. The van der Waals surface area contributed by atoms with E-state index in [9.17, 15) is 4.79 Å². The number of carbonyl (C=O) groups excluding carboxylic acids is 1. The van der Waals surface area contributed by atoms with Crippen LogP contribution in [0.2, 0.25) is 0 Å². The lowest BCUT2D eigenvalue weighted by Gasteiger charge is -2.19. The first kappa shape index (κ1) is 11.0. The summed E-state index contributed by atoms with van der Waals surface area (Å²) in [5.41, 5.74) is 0. The molecule has 0 N–H and O–H groups in total. The number of nitrogens with zero attached hydrogens (tertiary/aromatic N) is 1. The Morgan fingerprint density at radius 3 is 2.45 bits per heavy atom. The Balaban J connectivity index is 3.71. The van der Waals surface area contributed by atoms with Gasteiger partial charge in [0, 0.05) is 24.8 Å². The predicted molar refractivity (Wildman–Crippen MR) is 51.0 cm³/mol. The van der Waals surface area contributed by atoms with Gasteiger partial charge in [-0.1, -0.05) is 22.9 Å². The van der Waals surface area contributed by atoms with Crippen LogP contribution in [-0.2, 0) is 4.79 Å². The second kappa shape index (κ2) is 6.65. The molecule has 0 fully saturated rings. The Morgan fingerprint density at radius 1 is 1.45 bits per heavy atom. The van der Waals surface area contributed by atoms with E-state index in [0.717, 1.165) is 24.8 Å². The van der Waals surface area contributed by atoms with Gasteiger partial charge in [-0.15, -0.1) is 0 Å². The molecule has 0 bridgehead atoms. The predicted octanol–water partition coefficient (Wildman–Crippen LogP) is 2.03. The highest BCUT2D eigenvalue weighted by molar-refractivity contribution is 9.09. The second-order valence-electron chi connectivity index (χ2n) is 2.41. The Labute approximate surface area is 77.1 Å². The Morgan fingerprint density at radius 2 is 2.09 bits per heavy atom. The molecular formula is C8H16BrNO. The van der Waals surface area contributed by atoms with E-state index < -0.39 is 0 Å². The zero-order chi connectivity index (χ0) is 8.69. The van der Waals surface area contributed by atoms with Crippen LogP contribution in [0.15, 0.2) is 0 Å². The molecule has 1 amide bonds. The van der Waals surface area contributed by atoms with Gasteiger partial charge in [0.15, 0.2) is 0 Å². The lowest BCUT2D eigenvalue weighted by molar-refractivity contribution is -0.130. The third-order valence-electron chi connectivity index (χ3n) is 1.54. The van der Waals surface area contributed by atoms with Crippen LogP contribution in [0, 0.1) is 0 Å². The molecule has 0 aliphatic rings. The van der Waals surface area contributed by atoms with E-state index in [0.29, 0.717) is 6.42 Å². The minimum absolute atomic E-state index is 0.256. The Bertz CT molecular complexity index is 117. The summed E-state index contributed by atoms with van der Waals surface area (Å²) in [5.74, 6) is 0.256. The first-order valence-corrected chi connectivity index (χ1v) is 5.22. The van der Waals surface area contributed by atoms with Gasteiger partial charge >= 0.3 is 0 Å². The van der Waals surface area contributed by atoms with Crippen LogP contribution >= 0.6 is 15.9 Å². The maximum absolute atomic E-state index is 11.3. The van der Waals surface area contributed by atoms with Crippen LogP contribution in [0.3, 0.4) is 0 Å². The molecule has 0 aliphatic carbocycles. The summed E-state index contributed by atoms with van der Waals surface area (Å²) >= 11 is 3.25. The van der Waals surface area contributed by atoms with Crippen molar-refractivity contribution in [2.24, 2.45) is 0 Å². The highest BCUT2D eigenvalue weighted by Crippen LogP contribution is 1.97. The molecule has 0 heterocycles.